The summed E-state index contributed by atoms with van der Waals surface area (Å²) in [6.45, 7) is 2.18. The quantitative estimate of drug-likeness (QED) is 0.749. The average molecular weight is 293 g/mol. The molecule has 1 aromatic heterocycles. The van der Waals surface area contributed by atoms with Gasteiger partial charge in [0.25, 0.3) is 0 Å². The lowest BCUT2D eigenvalue weighted by atomic mass is 9.92. The van der Waals surface area contributed by atoms with Crippen molar-refractivity contribution in [3.63, 3.8) is 0 Å². The van der Waals surface area contributed by atoms with Gasteiger partial charge in [-0.15, -0.1) is 0 Å². The smallest absolute Gasteiger partial charge is 0.113 e. The number of imidazole rings is 1. The minimum Gasteiger partial charge on any atom is -0.390 e. The van der Waals surface area contributed by atoms with Gasteiger partial charge in [0.05, 0.1) is 18.5 Å². The van der Waals surface area contributed by atoms with Gasteiger partial charge in [0.1, 0.15) is 5.82 Å². The van der Waals surface area contributed by atoms with Crippen molar-refractivity contribution in [3.8, 4) is 0 Å². The molecule has 2 aromatic rings. The highest BCUT2D eigenvalue weighted by Gasteiger charge is 2.19. The molecule has 1 atom stereocenters. The molecule has 2 rings (SSSR count). The Balaban J connectivity index is 2.26. The molecule has 4 heteroatoms. The van der Waals surface area contributed by atoms with E-state index in [1.165, 1.54) is 12.8 Å². The van der Waals surface area contributed by atoms with E-state index in [0.717, 1.165) is 34.9 Å². The van der Waals surface area contributed by atoms with Crippen molar-refractivity contribution < 1.29 is 5.11 Å². The molecule has 1 heterocycles. The number of aliphatic hydroxyl groups excluding tert-OH is 1. The second kappa shape index (κ2) is 7.46. The Labute approximate surface area is 125 Å². The summed E-state index contributed by atoms with van der Waals surface area (Å²) in [5.74, 6) is 1.05. The summed E-state index contributed by atoms with van der Waals surface area (Å²) in [7, 11) is 0. The van der Waals surface area contributed by atoms with Gasteiger partial charge in [0.15, 0.2) is 0 Å². The highest BCUT2D eigenvalue weighted by Crippen LogP contribution is 2.32. The van der Waals surface area contributed by atoms with E-state index >= 15 is 0 Å². The molecule has 0 bridgehead atoms. The van der Waals surface area contributed by atoms with Crippen LogP contribution in [0.5, 0.6) is 0 Å². The SMILES string of the molecule is CCCCCC(c1ncc(CO)[nH]1)c1ccccc1Cl. The van der Waals surface area contributed by atoms with Gasteiger partial charge in [-0.25, -0.2) is 4.98 Å². The Kier molecular flexibility index (Phi) is 5.62. The van der Waals surface area contributed by atoms with E-state index in [-0.39, 0.29) is 12.5 Å². The topological polar surface area (TPSA) is 48.9 Å². The van der Waals surface area contributed by atoms with E-state index in [1.54, 1.807) is 6.20 Å². The van der Waals surface area contributed by atoms with Gasteiger partial charge < -0.3 is 10.1 Å². The Morgan fingerprint density at radius 2 is 2.10 bits per heavy atom. The second-order valence-electron chi connectivity index (χ2n) is 5.02. The van der Waals surface area contributed by atoms with Crippen LogP contribution in [0.2, 0.25) is 5.02 Å². The summed E-state index contributed by atoms with van der Waals surface area (Å²) in [6, 6.07) is 7.92. The normalized spacial score (nSPS) is 12.6. The largest absolute Gasteiger partial charge is 0.390 e. The van der Waals surface area contributed by atoms with Crippen molar-refractivity contribution in [3.05, 3.63) is 52.6 Å². The van der Waals surface area contributed by atoms with Gasteiger partial charge in [0, 0.05) is 10.9 Å². The lowest BCUT2D eigenvalue weighted by Gasteiger charge is -2.16. The number of nitrogens with one attached hydrogen (secondary N) is 1. The molecular formula is C16H21ClN2O. The maximum Gasteiger partial charge on any atom is 0.113 e. The van der Waals surface area contributed by atoms with Gasteiger partial charge in [-0.05, 0) is 18.1 Å². The maximum atomic E-state index is 9.17. The monoisotopic (exact) mass is 292 g/mol. The molecular weight excluding hydrogens is 272 g/mol. The standard InChI is InChI=1S/C16H21ClN2O/c1-2-3-4-8-14(13-7-5-6-9-15(13)17)16-18-10-12(11-20)19-16/h5-7,9-10,14,20H,2-4,8,11H2,1H3,(H,18,19). The molecule has 2 N–H and O–H groups in total. The Morgan fingerprint density at radius 3 is 2.75 bits per heavy atom. The van der Waals surface area contributed by atoms with Crippen molar-refractivity contribution in [1.82, 2.24) is 9.97 Å². The zero-order valence-electron chi connectivity index (χ0n) is 11.8. The Hall–Kier alpha value is -1.32. The third-order valence-electron chi connectivity index (χ3n) is 3.53. The van der Waals surface area contributed by atoms with Crippen molar-refractivity contribution in [1.29, 1.82) is 0 Å². The summed E-state index contributed by atoms with van der Waals surface area (Å²) in [4.78, 5) is 7.61. The number of unbranched alkanes of at least 4 members (excludes halogenated alkanes) is 2. The van der Waals surface area contributed by atoms with Gasteiger partial charge in [-0.3, -0.25) is 0 Å². The number of aromatic amines is 1. The van der Waals surface area contributed by atoms with Crippen LogP contribution in [0.3, 0.4) is 0 Å². The summed E-state index contributed by atoms with van der Waals surface area (Å²) in [6.07, 6.45) is 6.24. The van der Waals surface area contributed by atoms with Gasteiger partial charge in [-0.1, -0.05) is 56.0 Å². The molecule has 1 aromatic carbocycles. The van der Waals surface area contributed by atoms with Crippen molar-refractivity contribution in [2.75, 3.05) is 0 Å². The van der Waals surface area contributed by atoms with E-state index in [9.17, 15) is 5.11 Å². The van der Waals surface area contributed by atoms with Crippen molar-refractivity contribution >= 4 is 11.6 Å². The average Bonchev–Trinajstić information content (AvgIpc) is 2.93. The molecule has 1 unspecified atom stereocenters. The molecule has 3 nitrogen and oxygen atoms in total. The van der Waals surface area contributed by atoms with Crippen LogP contribution in [-0.4, -0.2) is 15.1 Å². The summed E-state index contributed by atoms with van der Waals surface area (Å²) in [5.41, 5.74) is 1.84. The van der Waals surface area contributed by atoms with Crippen LogP contribution in [0, 0.1) is 0 Å². The van der Waals surface area contributed by atoms with E-state index in [1.807, 2.05) is 18.2 Å². The highest BCUT2D eigenvalue weighted by molar-refractivity contribution is 6.31. The van der Waals surface area contributed by atoms with E-state index in [2.05, 4.69) is 23.0 Å². The van der Waals surface area contributed by atoms with Gasteiger partial charge in [0.2, 0.25) is 0 Å². The Morgan fingerprint density at radius 1 is 1.30 bits per heavy atom. The van der Waals surface area contributed by atoms with E-state index in [0.29, 0.717) is 0 Å². The van der Waals surface area contributed by atoms with Gasteiger partial charge in [-0.2, -0.15) is 0 Å². The first-order chi connectivity index (χ1) is 9.76. The number of hydrogen-bond donors (Lipinski definition) is 2. The first kappa shape index (κ1) is 15.1. The summed E-state index contributed by atoms with van der Waals surface area (Å²) < 4.78 is 0. The molecule has 0 spiro atoms. The fourth-order valence-corrected chi connectivity index (χ4v) is 2.70. The predicted octanol–water partition coefficient (Wildman–Crippen LogP) is 4.27. The fourth-order valence-electron chi connectivity index (χ4n) is 2.43. The van der Waals surface area contributed by atoms with Crippen molar-refractivity contribution in [2.24, 2.45) is 0 Å². The van der Waals surface area contributed by atoms with Crippen molar-refractivity contribution in [2.45, 2.75) is 45.1 Å². The number of nitrogens with zero attached hydrogens (tertiary/aromatic N) is 1. The first-order valence-electron chi connectivity index (χ1n) is 7.15. The molecule has 0 aliphatic heterocycles. The lowest BCUT2D eigenvalue weighted by molar-refractivity contribution is 0.277. The number of H-pyrrole nitrogens is 1. The number of hydrogen-bond acceptors (Lipinski definition) is 2. The minimum atomic E-state index is -0.0167. The van der Waals surface area contributed by atoms with Crippen LogP contribution in [0.25, 0.3) is 0 Å². The maximum absolute atomic E-state index is 9.17. The number of halogens is 1. The predicted molar refractivity (Wildman–Crippen MR) is 81.9 cm³/mol. The lowest BCUT2D eigenvalue weighted by Crippen LogP contribution is -2.05. The molecule has 0 saturated carbocycles. The number of benzene rings is 1. The Bertz CT molecular complexity index is 539. The fraction of sp³-hybridized carbons (Fsp3) is 0.438. The second-order valence-corrected chi connectivity index (χ2v) is 5.43. The molecule has 20 heavy (non-hydrogen) atoms. The van der Waals surface area contributed by atoms with E-state index < -0.39 is 0 Å². The minimum absolute atomic E-state index is 0.0167. The zero-order valence-corrected chi connectivity index (χ0v) is 12.5. The number of aromatic nitrogens is 2. The number of aliphatic hydroxyl groups is 1. The van der Waals surface area contributed by atoms with Crippen LogP contribution >= 0.6 is 11.6 Å². The first-order valence-corrected chi connectivity index (χ1v) is 7.53. The third kappa shape index (κ3) is 3.62. The van der Waals surface area contributed by atoms with Gasteiger partial charge >= 0.3 is 0 Å². The summed E-state index contributed by atoms with van der Waals surface area (Å²) >= 11 is 6.33. The molecule has 0 amide bonds. The number of rotatable bonds is 7. The van der Waals surface area contributed by atoms with Crippen LogP contribution in [0.1, 0.15) is 55.6 Å². The molecule has 108 valence electrons. The molecule has 0 saturated heterocycles. The third-order valence-corrected chi connectivity index (χ3v) is 3.87. The van der Waals surface area contributed by atoms with Crippen LogP contribution < -0.4 is 0 Å². The van der Waals surface area contributed by atoms with E-state index in [4.69, 9.17) is 11.6 Å². The zero-order chi connectivity index (χ0) is 14.4. The molecule has 0 aliphatic carbocycles. The molecule has 0 radical (unpaired) electrons. The summed E-state index contributed by atoms with van der Waals surface area (Å²) in [5, 5.41) is 9.95. The molecule has 0 fully saturated rings. The van der Waals surface area contributed by atoms with Crippen LogP contribution in [0.15, 0.2) is 30.5 Å². The molecule has 0 aliphatic rings. The van der Waals surface area contributed by atoms with Crippen LogP contribution in [0.4, 0.5) is 0 Å². The highest BCUT2D eigenvalue weighted by atomic mass is 35.5. The van der Waals surface area contributed by atoms with Crippen LogP contribution in [-0.2, 0) is 6.61 Å².